The number of nitrogens with one attached hydrogen (secondary N) is 1. The van der Waals surface area contributed by atoms with Crippen molar-refractivity contribution in [2.45, 2.75) is 26.3 Å². The van der Waals surface area contributed by atoms with Crippen LogP contribution in [0.15, 0.2) is 18.2 Å². The Morgan fingerprint density at radius 2 is 2.24 bits per heavy atom. The molecule has 0 aliphatic carbocycles. The first-order chi connectivity index (χ1) is 8.04. The highest BCUT2D eigenvalue weighted by atomic mass is 32.2. The van der Waals surface area contributed by atoms with Crippen LogP contribution in [0.5, 0.6) is 0 Å². The number of thioether (sulfide) groups is 1. The summed E-state index contributed by atoms with van der Waals surface area (Å²) >= 11 is 1.73. The average molecular weight is 255 g/mol. The molecule has 2 nitrogen and oxygen atoms in total. The van der Waals surface area contributed by atoms with Crippen molar-refractivity contribution in [2.75, 3.05) is 12.0 Å². The summed E-state index contributed by atoms with van der Waals surface area (Å²) in [6.45, 7) is 3.73. The van der Waals surface area contributed by atoms with Crippen molar-refractivity contribution in [1.29, 1.82) is 0 Å². The van der Waals surface area contributed by atoms with Gasteiger partial charge in [-0.05, 0) is 50.0 Å². The van der Waals surface area contributed by atoms with Gasteiger partial charge in [0.25, 0.3) is 5.91 Å². The molecule has 0 aliphatic heterocycles. The number of aryl methyl sites for hydroxylation is 1. The van der Waals surface area contributed by atoms with E-state index in [0.29, 0.717) is 0 Å². The normalized spacial score (nSPS) is 12.2. The minimum atomic E-state index is -0.459. The Kier molecular flexibility index (Phi) is 5.48. The van der Waals surface area contributed by atoms with E-state index in [4.69, 9.17) is 0 Å². The first-order valence-electron chi connectivity index (χ1n) is 5.60. The second-order valence-electron chi connectivity index (χ2n) is 4.14. The van der Waals surface area contributed by atoms with E-state index in [1.807, 2.05) is 13.2 Å². The Morgan fingerprint density at radius 3 is 2.82 bits per heavy atom. The summed E-state index contributed by atoms with van der Waals surface area (Å²) in [6, 6.07) is 4.71. The van der Waals surface area contributed by atoms with E-state index in [0.717, 1.165) is 17.7 Å². The second kappa shape index (κ2) is 6.64. The highest BCUT2D eigenvalue weighted by molar-refractivity contribution is 7.98. The molecule has 0 aliphatic rings. The lowest BCUT2D eigenvalue weighted by Crippen LogP contribution is -2.33. The summed E-state index contributed by atoms with van der Waals surface area (Å²) in [7, 11) is 0. The molecule has 1 atom stereocenters. The summed E-state index contributed by atoms with van der Waals surface area (Å²) < 4.78 is 13.5. The standard InChI is InChI=1S/C13H18FNOS/c1-9-4-5-11(12(14)8-9)13(16)15-10(2)6-7-17-3/h4-5,8,10H,6-7H2,1-3H3,(H,15,16). The van der Waals surface area contributed by atoms with Crippen molar-refractivity contribution in [1.82, 2.24) is 5.32 Å². The van der Waals surface area contributed by atoms with Crippen LogP contribution >= 0.6 is 11.8 Å². The maximum Gasteiger partial charge on any atom is 0.254 e. The molecule has 0 radical (unpaired) electrons. The number of hydrogen-bond donors (Lipinski definition) is 1. The quantitative estimate of drug-likeness (QED) is 0.876. The molecule has 0 heterocycles. The number of halogens is 1. The van der Waals surface area contributed by atoms with E-state index < -0.39 is 5.82 Å². The van der Waals surface area contributed by atoms with E-state index in [1.165, 1.54) is 12.1 Å². The first kappa shape index (κ1) is 14.0. The van der Waals surface area contributed by atoms with Gasteiger partial charge in [0.1, 0.15) is 5.82 Å². The molecule has 1 unspecified atom stereocenters. The van der Waals surface area contributed by atoms with Gasteiger partial charge in [0.05, 0.1) is 5.56 Å². The highest BCUT2D eigenvalue weighted by Gasteiger charge is 2.13. The number of benzene rings is 1. The van der Waals surface area contributed by atoms with Crippen molar-refractivity contribution < 1.29 is 9.18 Å². The second-order valence-corrected chi connectivity index (χ2v) is 5.12. The van der Waals surface area contributed by atoms with Crippen LogP contribution in [0.1, 0.15) is 29.3 Å². The van der Waals surface area contributed by atoms with Crippen LogP contribution in [-0.2, 0) is 0 Å². The fourth-order valence-electron chi connectivity index (χ4n) is 1.47. The third-order valence-electron chi connectivity index (χ3n) is 2.50. The zero-order valence-electron chi connectivity index (χ0n) is 10.4. The van der Waals surface area contributed by atoms with E-state index >= 15 is 0 Å². The molecule has 1 rings (SSSR count). The fraction of sp³-hybridized carbons (Fsp3) is 0.462. The molecule has 0 aromatic heterocycles. The van der Waals surface area contributed by atoms with Crippen LogP contribution in [0.2, 0.25) is 0 Å². The average Bonchev–Trinajstić information content (AvgIpc) is 2.26. The molecule has 4 heteroatoms. The molecule has 0 bridgehead atoms. The topological polar surface area (TPSA) is 29.1 Å². The molecule has 1 N–H and O–H groups in total. The van der Waals surface area contributed by atoms with Crippen molar-refractivity contribution in [3.8, 4) is 0 Å². The lowest BCUT2D eigenvalue weighted by Gasteiger charge is -2.13. The molecule has 1 aromatic rings. The smallest absolute Gasteiger partial charge is 0.254 e. The lowest BCUT2D eigenvalue weighted by atomic mass is 10.1. The predicted molar refractivity (Wildman–Crippen MR) is 71.1 cm³/mol. The Labute approximate surface area is 106 Å². The van der Waals surface area contributed by atoms with E-state index in [9.17, 15) is 9.18 Å². The summed E-state index contributed by atoms with van der Waals surface area (Å²) in [4.78, 5) is 11.8. The molecule has 1 aromatic carbocycles. The van der Waals surface area contributed by atoms with Gasteiger partial charge in [-0.3, -0.25) is 4.79 Å². The van der Waals surface area contributed by atoms with Crippen LogP contribution < -0.4 is 5.32 Å². The van der Waals surface area contributed by atoms with Crippen molar-refractivity contribution in [3.05, 3.63) is 35.1 Å². The third-order valence-corrected chi connectivity index (χ3v) is 3.15. The Morgan fingerprint density at radius 1 is 1.53 bits per heavy atom. The molecule has 94 valence electrons. The number of carbonyl (C=O) groups excluding carboxylic acids is 1. The van der Waals surface area contributed by atoms with Crippen LogP contribution in [0.3, 0.4) is 0 Å². The van der Waals surface area contributed by atoms with Gasteiger partial charge >= 0.3 is 0 Å². The Bertz CT molecular complexity index is 395. The van der Waals surface area contributed by atoms with E-state index in [-0.39, 0.29) is 17.5 Å². The largest absolute Gasteiger partial charge is 0.349 e. The highest BCUT2D eigenvalue weighted by Crippen LogP contribution is 2.10. The van der Waals surface area contributed by atoms with Crippen molar-refractivity contribution in [3.63, 3.8) is 0 Å². The van der Waals surface area contributed by atoms with Crippen molar-refractivity contribution in [2.24, 2.45) is 0 Å². The SMILES string of the molecule is CSCCC(C)NC(=O)c1ccc(C)cc1F. The minimum Gasteiger partial charge on any atom is -0.349 e. The maximum atomic E-state index is 13.5. The molecule has 17 heavy (non-hydrogen) atoms. The zero-order chi connectivity index (χ0) is 12.8. The van der Waals surface area contributed by atoms with E-state index in [2.05, 4.69) is 5.32 Å². The molecule has 1 amide bonds. The molecule has 0 saturated carbocycles. The number of rotatable bonds is 5. The molecular weight excluding hydrogens is 237 g/mol. The van der Waals surface area contributed by atoms with Gasteiger partial charge in [0.2, 0.25) is 0 Å². The van der Waals surface area contributed by atoms with Crippen LogP contribution in [-0.4, -0.2) is 24.0 Å². The fourth-order valence-corrected chi connectivity index (χ4v) is 2.06. The number of hydrogen-bond acceptors (Lipinski definition) is 2. The van der Waals surface area contributed by atoms with Gasteiger partial charge < -0.3 is 5.32 Å². The Hall–Kier alpha value is -1.03. The summed E-state index contributed by atoms with van der Waals surface area (Å²) in [5, 5.41) is 2.80. The summed E-state index contributed by atoms with van der Waals surface area (Å²) in [5.41, 5.74) is 0.932. The van der Waals surface area contributed by atoms with E-state index in [1.54, 1.807) is 24.8 Å². The van der Waals surface area contributed by atoms with Crippen LogP contribution in [0.4, 0.5) is 4.39 Å². The molecule has 0 fully saturated rings. The van der Waals surface area contributed by atoms with Gasteiger partial charge in [0.15, 0.2) is 0 Å². The third kappa shape index (κ3) is 4.38. The van der Waals surface area contributed by atoms with Crippen LogP contribution in [0, 0.1) is 12.7 Å². The number of amides is 1. The predicted octanol–water partition coefficient (Wildman–Crippen LogP) is 3.01. The van der Waals surface area contributed by atoms with Gasteiger partial charge in [-0.25, -0.2) is 4.39 Å². The number of carbonyl (C=O) groups is 1. The zero-order valence-corrected chi connectivity index (χ0v) is 11.2. The van der Waals surface area contributed by atoms with Gasteiger partial charge in [-0.15, -0.1) is 0 Å². The summed E-state index contributed by atoms with van der Waals surface area (Å²) in [5.74, 6) is 0.188. The summed E-state index contributed by atoms with van der Waals surface area (Å²) in [6.07, 6.45) is 2.91. The first-order valence-corrected chi connectivity index (χ1v) is 7.00. The Balaban J connectivity index is 2.63. The van der Waals surface area contributed by atoms with Gasteiger partial charge in [-0.1, -0.05) is 6.07 Å². The maximum absolute atomic E-state index is 13.5. The molecule has 0 saturated heterocycles. The van der Waals surface area contributed by atoms with Crippen LogP contribution in [0.25, 0.3) is 0 Å². The molecular formula is C13H18FNOS. The minimum absolute atomic E-state index is 0.0654. The molecule has 0 spiro atoms. The monoisotopic (exact) mass is 255 g/mol. The lowest BCUT2D eigenvalue weighted by molar-refractivity contribution is 0.0935. The van der Waals surface area contributed by atoms with Gasteiger partial charge in [0, 0.05) is 6.04 Å². The van der Waals surface area contributed by atoms with Gasteiger partial charge in [-0.2, -0.15) is 11.8 Å². The van der Waals surface area contributed by atoms with Crippen molar-refractivity contribution >= 4 is 17.7 Å².